The van der Waals surface area contributed by atoms with Gasteiger partial charge < -0.3 is 9.73 Å². The first-order chi connectivity index (χ1) is 7.35. The van der Waals surface area contributed by atoms with E-state index < -0.39 is 0 Å². The van der Waals surface area contributed by atoms with E-state index in [9.17, 15) is 0 Å². The minimum atomic E-state index is 0.407. The van der Waals surface area contributed by atoms with E-state index in [1.54, 1.807) is 6.26 Å². The molecule has 1 aliphatic rings. The van der Waals surface area contributed by atoms with Crippen molar-refractivity contribution in [1.29, 1.82) is 0 Å². The molecule has 16 heavy (non-hydrogen) atoms. The van der Waals surface area contributed by atoms with Gasteiger partial charge in [-0.2, -0.15) is 0 Å². The summed E-state index contributed by atoms with van der Waals surface area (Å²) in [5.41, 5.74) is 0.814. The molecule has 2 heteroatoms. The predicted octanol–water partition coefficient (Wildman–Crippen LogP) is 3.23. The summed E-state index contributed by atoms with van der Waals surface area (Å²) in [6, 6.07) is 5.08. The zero-order valence-corrected chi connectivity index (χ0v) is 11.0. The zero-order chi connectivity index (χ0) is 12.0. The molecule has 1 unspecified atom stereocenters. The van der Waals surface area contributed by atoms with Crippen molar-refractivity contribution in [1.82, 2.24) is 5.32 Å². The van der Waals surface area contributed by atoms with E-state index in [0.29, 0.717) is 22.9 Å². The quantitative estimate of drug-likeness (QED) is 0.844. The van der Waals surface area contributed by atoms with Crippen LogP contribution < -0.4 is 5.32 Å². The fourth-order valence-electron chi connectivity index (χ4n) is 2.69. The number of rotatable bonds is 4. The maximum absolute atomic E-state index is 5.37. The van der Waals surface area contributed by atoms with E-state index in [-0.39, 0.29) is 0 Å². The standard InChI is InChI=1S/C14H23NO/c1-10(9-11-7-6-8-16-11)15-12-13(2,3)14(12,4)5/h6-8,10,12,15H,9H2,1-5H3. The monoisotopic (exact) mass is 221 g/mol. The topological polar surface area (TPSA) is 25.2 Å². The van der Waals surface area contributed by atoms with Crippen LogP contribution >= 0.6 is 0 Å². The van der Waals surface area contributed by atoms with Crippen LogP contribution in [-0.2, 0) is 6.42 Å². The van der Waals surface area contributed by atoms with Crippen molar-refractivity contribution in [2.75, 3.05) is 0 Å². The van der Waals surface area contributed by atoms with Crippen molar-refractivity contribution in [3.8, 4) is 0 Å². The molecule has 0 radical (unpaired) electrons. The summed E-state index contributed by atoms with van der Waals surface area (Å²) in [7, 11) is 0. The van der Waals surface area contributed by atoms with Gasteiger partial charge in [0.2, 0.25) is 0 Å². The van der Waals surface area contributed by atoms with Crippen molar-refractivity contribution < 1.29 is 4.42 Å². The molecule has 1 fully saturated rings. The van der Waals surface area contributed by atoms with Crippen molar-refractivity contribution >= 4 is 0 Å². The van der Waals surface area contributed by atoms with Crippen LogP contribution in [0.4, 0.5) is 0 Å². The highest BCUT2D eigenvalue weighted by Gasteiger charge is 2.64. The van der Waals surface area contributed by atoms with Gasteiger partial charge in [-0.05, 0) is 29.9 Å². The predicted molar refractivity (Wildman–Crippen MR) is 66.4 cm³/mol. The molecule has 0 aliphatic heterocycles. The molecule has 1 atom stereocenters. The first-order valence-electron chi connectivity index (χ1n) is 6.14. The van der Waals surface area contributed by atoms with E-state index in [1.165, 1.54) is 0 Å². The van der Waals surface area contributed by atoms with Crippen LogP contribution in [-0.4, -0.2) is 12.1 Å². The Labute approximate surface area is 98.4 Å². The third kappa shape index (κ3) is 1.80. The van der Waals surface area contributed by atoms with Crippen molar-refractivity contribution in [3.05, 3.63) is 24.2 Å². The third-order valence-corrected chi connectivity index (χ3v) is 4.56. The van der Waals surface area contributed by atoms with Crippen LogP contribution in [0.25, 0.3) is 0 Å². The second-order valence-corrected chi connectivity index (χ2v) is 6.23. The van der Waals surface area contributed by atoms with Gasteiger partial charge in [0.05, 0.1) is 6.26 Å². The van der Waals surface area contributed by atoms with Gasteiger partial charge in [-0.25, -0.2) is 0 Å². The Bertz CT molecular complexity index is 337. The SMILES string of the molecule is CC(Cc1ccco1)NC1C(C)(C)C1(C)C. The van der Waals surface area contributed by atoms with E-state index in [0.717, 1.165) is 12.2 Å². The average Bonchev–Trinajstić information content (AvgIpc) is 2.63. The van der Waals surface area contributed by atoms with Crippen molar-refractivity contribution in [2.24, 2.45) is 10.8 Å². The molecule has 0 bridgehead atoms. The van der Waals surface area contributed by atoms with Crippen LogP contribution in [0.3, 0.4) is 0 Å². The van der Waals surface area contributed by atoms with Crippen LogP contribution in [0.1, 0.15) is 40.4 Å². The maximum atomic E-state index is 5.37. The normalized spacial score (nSPS) is 24.3. The van der Waals surface area contributed by atoms with Crippen molar-refractivity contribution in [3.63, 3.8) is 0 Å². The number of hydrogen-bond donors (Lipinski definition) is 1. The summed E-state index contributed by atoms with van der Waals surface area (Å²) in [5, 5.41) is 3.71. The Morgan fingerprint density at radius 1 is 1.31 bits per heavy atom. The first-order valence-corrected chi connectivity index (χ1v) is 6.14. The Morgan fingerprint density at radius 3 is 2.38 bits per heavy atom. The summed E-state index contributed by atoms with van der Waals surface area (Å²) in [6.45, 7) is 11.6. The smallest absolute Gasteiger partial charge is 0.105 e. The van der Waals surface area contributed by atoms with Gasteiger partial charge in [-0.1, -0.05) is 27.7 Å². The summed E-state index contributed by atoms with van der Waals surface area (Å²) in [4.78, 5) is 0. The lowest BCUT2D eigenvalue weighted by Crippen LogP contribution is -2.33. The lowest BCUT2D eigenvalue weighted by molar-refractivity contribution is 0.432. The molecule has 0 amide bonds. The van der Waals surface area contributed by atoms with Gasteiger partial charge >= 0.3 is 0 Å². The van der Waals surface area contributed by atoms with E-state index >= 15 is 0 Å². The second-order valence-electron chi connectivity index (χ2n) is 6.23. The number of hydrogen-bond acceptors (Lipinski definition) is 2. The molecule has 2 rings (SSSR count). The van der Waals surface area contributed by atoms with Crippen LogP contribution in [0.5, 0.6) is 0 Å². The van der Waals surface area contributed by atoms with Crippen LogP contribution in [0.15, 0.2) is 22.8 Å². The van der Waals surface area contributed by atoms with Gasteiger partial charge in [-0.3, -0.25) is 0 Å². The Morgan fingerprint density at radius 2 is 1.94 bits per heavy atom. The van der Waals surface area contributed by atoms with Gasteiger partial charge in [0, 0.05) is 18.5 Å². The lowest BCUT2D eigenvalue weighted by Gasteiger charge is -2.14. The first kappa shape index (κ1) is 11.7. The largest absolute Gasteiger partial charge is 0.469 e. The van der Waals surface area contributed by atoms with Gasteiger partial charge in [0.15, 0.2) is 0 Å². The lowest BCUT2D eigenvalue weighted by atomic mass is 10.0. The number of furan rings is 1. The molecule has 0 aromatic carbocycles. The van der Waals surface area contributed by atoms with Crippen LogP contribution in [0.2, 0.25) is 0 Å². The molecule has 2 nitrogen and oxygen atoms in total. The van der Waals surface area contributed by atoms with Gasteiger partial charge in [0.25, 0.3) is 0 Å². The molecule has 0 spiro atoms. The molecule has 1 aliphatic carbocycles. The van der Waals surface area contributed by atoms with Crippen LogP contribution in [0, 0.1) is 10.8 Å². The average molecular weight is 221 g/mol. The molecule has 0 saturated heterocycles. The summed E-state index contributed by atoms with van der Waals surface area (Å²) in [5.74, 6) is 1.07. The molecule has 1 heterocycles. The highest BCUT2D eigenvalue weighted by atomic mass is 16.3. The highest BCUT2D eigenvalue weighted by molar-refractivity contribution is 5.18. The Balaban J connectivity index is 1.88. The second kappa shape index (κ2) is 3.63. The molecular weight excluding hydrogens is 198 g/mol. The number of nitrogens with one attached hydrogen (secondary N) is 1. The molecule has 90 valence electrons. The molecule has 1 saturated carbocycles. The fraction of sp³-hybridized carbons (Fsp3) is 0.714. The van der Waals surface area contributed by atoms with E-state index in [1.807, 2.05) is 12.1 Å². The fourth-order valence-corrected chi connectivity index (χ4v) is 2.69. The Kier molecular flexibility index (Phi) is 2.66. The summed E-state index contributed by atoms with van der Waals surface area (Å²) >= 11 is 0. The van der Waals surface area contributed by atoms with E-state index in [4.69, 9.17) is 4.42 Å². The van der Waals surface area contributed by atoms with Crippen molar-refractivity contribution in [2.45, 2.75) is 53.1 Å². The highest BCUT2D eigenvalue weighted by Crippen LogP contribution is 2.62. The summed E-state index contributed by atoms with van der Waals surface area (Å²) in [6.07, 6.45) is 2.71. The summed E-state index contributed by atoms with van der Waals surface area (Å²) < 4.78 is 5.37. The minimum Gasteiger partial charge on any atom is -0.469 e. The molecular formula is C14H23NO. The minimum absolute atomic E-state index is 0.407. The molecule has 1 aromatic rings. The van der Waals surface area contributed by atoms with Gasteiger partial charge in [0.1, 0.15) is 5.76 Å². The Hall–Kier alpha value is -0.760. The van der Waals surface area contributed by atoms with E-state index in [2.05, 4.69) is 39.9 Å². The zero-order valence-electron chi connectivity index (χ0n) is 11.0. The van der Waals surface area contributed by atoms with Gasteiger partial charge in [-0.15, -0.1) is 0 Å². The maximum Gasteiger partial charge on any atom is 0.105 e. The third-order valence-electron chi connectivity index (χ3n) is 4.56. The molecule has 1 aromatic heterocycles. The molecule has 1 N–H and O–H groups in total.